The number of thiophene rings is 1. The van der Waals surface area contributed by atoms with Crippen LogP contribution < -0.4 is 15.4 Å². The van der Waals surface area contributed by atoms with Crippen LogP contribution in [0, 0.1) is 0 Å². The van der Waals surface area contributed by atoms with Crippen LogP contribution in [0.4, 0.5) is 10.5 Å². The van der Waals surface area contributed by atoms with Crippen molar-refractivity contribution in [3.8, 4) is 5.75 Å². The number of benzene rings is 1. The molecule has 0 saturated carbocycles. The molecule has 0 radical (unpaired) electrons. The van der Waals surface area contributed by atoms with Gasteiger partial charge in [-0.15, -0.1) is 11.3 Å². The molecule has 1 aliphatic rings. The van der Waals surface area contributed by atoms with Gasteiger partial charge in [-0.3, -0.25) is 14.5 Å². The zero-order valence-corrected chi connectivity index (χ0v) is 16.4. The van der Waals surface area contributed by atoms with E-state index >= 15 is 0 Å². The molecule has 1 aliphatic heterocycles. The van der Waals surface area contributed by atoms with Gasteiger partial charge in [0, 0.05) is 4.88 Å². The van der Waals surface area contributed by atoms with Crippen molar-refractivity contribution in [2.24, 2.45) is 0 Å². The summed E-state index contributed by atoms with van der Waals surface area (Å²) in [5, 5.41) is 5.33. The van der Waals surface area contributed by atoms with Gasteiger partial charge in [-0.05, 0) is 47.1 Å². The van der Waals surface area contributed by atoms with Crippen molar-refractivity contribution in [2.45, 2.75) is 12.5 Å². The van der Waals surface area contributed by atoms with E-state index in [2.05, 4.69) is 26.6 Å². The topological polar surface area (TPSA) is 87.7 Å². The number of carbonyl (C=O) groups excluding carboxylic acids is 3. The number of hydrogen-bond donors (Lipinski definition) is 2. The predicted molar refractivity (Wildman–Crippen MR) is 101 cm³/mol. The molecule has 1 fully saturated rings. The molecule has 1 unspecified atom stereocenters. The van der Waals surface area contributed by atoms with E-state index in [9.17, 15) is 14.4 Å². The van der Waals surface area contributed by atoms with Gasteiger partial charge in [-0.2, -0.15) is 0 Å². The van der Waals surface area contributed by atoms with Gasteiger partial charge in [0.2, 0.25) is 5.91 Å². The monoisotopic (exact) mass is 437 g/mol. The quantitative estimate of drug-likeness (QED) is 0.703. The van der Waals surface area contributed by atoms with Crippen LogP contribution in [-0.2, 0) is 15.1 Å². The Kier molecular flexibility index (Phi) is 5.01. The molecule has 2 N–H and O–H groups in total. The summed E-state index contributed by atoms with van der Waals surface area (Å²) in [6, 6.07) is 9.88. The van der Waals surface area contributed by atoms with Crippen LogP contribution in [-0.4, -0.2) is 36.4 Å². The Morgan fingerprint density at radius 2 is 2.04 bits per heavy atom. The second-order valence-corrected chi connectivity index (χ2v) is 8.26. The summed E-state index contributed by atoms with van der Waals surface area (Å²) in [6.45, 7) is 1.24. The number of urea groups is 1. The molecule has 0 spiro atoms. The standard InChI is InChI=1S/C17H16BrN3O4S/c1-17(12-7-8-13(18)26-12)15(23)21(16(24)20-17)9-14(22)19-10-5-3-4-6-11(10)25-2/h3-8H,9H2,1-2H3,(H,19,22)(H,20,24). The lowest BCUT2D eigenvalue weighted by Crippen LogP contribution is -2.41. The van der Waals surface area contributed by atoms with Crippen LogP contribution in [0.15, 0.2) is 40.2 Å². The largest absolute Gasteiger partial charge is 0.495 e. The van der Waals surface area contributed by atoms with Gasteiger partial charge in [-0.1, -0.05) is 12.1 Å². The van der Waals surface area contributed by atoms with E-state index in [-0.39, 0.29) is 6.54 Å². The van der Waals surface area contributed by atoms with E-state index in [0.29, 0.717) is 16.3 Å². The number of methoxy groups -OCH3 is 1. The molecule has 2 aromatic rings. The smallest absolute Gasteiger partial charge is 0.325 e. The third-order valence-electron chi connectivity index (χ3n) is 4.02. The van der Waals surface area contributed by atoms with Crippen LogP contribution in [0.2, 0.25) is 0 Å². The SMILES string of the molecule is COc1ccccc1NC(=O)CN1C(=O)NC(C)(c2ccc(Br)s2)C1=O. The van der Waals surface area contributed by atoms with Crippen molar-refractivity contribution in [3.05, 3.63) is 45.1 Å². The number of anilines is 1. The Bertz CT molecular complexity index is 884. The van der Waals surface area contributed by atoms with E-state index in [1.165, 1.54) is 18.4 Å². The lowest BCUT2D eigenvalue weighted by molar-refractivity contribution is -0.133. The summed E-state index contributed by atoms with van der Waals surface area (Å²) in [5.41, 5.74) is -0.713. The number of halogens is 1. The molecule has 26 heavy (non-hydrogen) atoms. The van der Waals surface area contributed by atoms with Gasteiger partial charge < -0.3 is 15.4 Å². The highest BCUT2D eigenvalue weighted by molar-refractivity contribution is 9.11. The minimum atomic E-state index is -1.18. The third kappa shape index (κ3) is 3.32. The number of rotatable bonds is 5. The maximum Gasteiger partial charge on any atom is 0.325 e. The maximum atomic E-state index is 12.8. The number of para-hydroxylation sites is 2. The van der Waals surface area contributed by atoms with Crippen LogP contribution in [0.3, 0.4) is 0 Å². The van der Waals surface area contributed by atoms with E-state index in [0.717, 1.165) is 8.69 Å². The van der Waals surface area contributed by atoms with E-state index in [1.54, 1.807) is 37.3 Å². The zero-order valence-electron chi connectivity index (χ0n) is 14.0. The number of hydrogen-bond acceptors (Lipinski definition) is 5. The average molecular weight is 438 g/mol. The molecule has 1 aromatic heterocycles. The van der Waals surface area contributed by atoms with Gasteiger partial charge in [0.25, 0.3) is 5.91 Å². The second kappa shape index (κ2) is 7.08. The van der Waals surface area contributed by atoms with E-state index < -0.39 is 23.4 Å². The van der Waals surface area contributed by atoms with Crippen molar-refractivity contribution in [3.63, 3.8) is 0 Å². The Balaban J connectivity index is 1.74. The van der Waals surface area contributed by atoms with Crippen molar-refractivity contribution < 1.29 is 19.1 Å². The summed E-state index contributed by atoms with van der Waals surface area (Å²) < 4.78 is 6.02. The molecule has 136 valence electrons. The van der Waals surface area contributed by atoms with Gasteiger partial charge in [0.1, 0.15) is 12.3 Å². The molecule has 4 amide bonds. The molecule has 9 heteroatoms. The fourth-order valence-electron chi connectivity index (χ4n) is 2.67. The van der Waals surface area contributed by atoms with Gasteiger partial charge >= 0.3 is 6.03 Å². The molecule has 3 rings (SSSR count). The molecule has 2 heterocycles. The highest BCUT2D eigenvalue weighted by Crippen LogP contribution is 2.35. The fraction of sp³-hybridized carbons (Fsp3) is 0.235. The first kappa shape index (κ1) is 18.4. The van der Waals surface area contributed by atoms with Crippen molar-refractivity contribution in [2.75, 3.05) is 19.0 Å². The third-order valence-corrected chi connectivity index (χ3v) is 5.87. The lowest BCUT2D eigenvalue weighted by Gasteiger charge is -2.20. The summed E-state index contributed by atoms with van der Waals surface area (Å²) in [6.07, 6.45) is 0. The van der Waals surface area contributed by atoms with Crippen LogP contribution in [0.5, 0.6) is 5.75 Å². The highest BCUT2D eigenvalue weighted by Gasteiger charge is 2.50. The van der Waals surface area contributed by atoms with Crippen molar-refractivity contribution in [1.29, 1.82) is 0 Å². The van der Waals surface area contributed by atoms with Gasteiger partial charge in [0.15, 0.2) is 5.54 Å². The van der Waals surface area contributed by atoms with E-state index in [4.69, 9.17) is 4.74 Å². The average Bonchev–Trinajstić information content (AvgIpc) is 3.14. The Labute approximate surface area is 162 Å². The number of ether oxygens (including phenoxy) is 1. The first-order valence-electron chi connectivity index (χ1n) is 7.68. The molecule has 1 aromatic carbocycles. The Morgan fingerprint density at radius 3 is 2.69 bits per heavy atom. The summed E-state index contributed by atoms with van der Waals surface area (Å²) in [4.78, 5) is 39.0. The minimum absolute atomic E-state index is 0.384. The van der Waals surface area contributed by atoms with Gasteiger partial charge in [-0.25, -0.2) is 4.79 Å². The van der Waals surface area contributed by atoms with Crippen molar-refractivity contribution in [1.82, 2.24) is 10.2 Å². The van der Waals surface area contributed by atoms with Crippen LogP contribution >= 0.6 is 27.3 Å². The number of nitrogens with one attached hydrogen (secondary N) is 2. The molecular weight excluding hydrogens is 422 g/mol. The second-order valence-electron chi connectivity index (χ2n) is 5.80. The van der Waals surface area contributed by atoms with E-state index in [1.807, 2.05) is 6.07 Å². The Morgan fingerprint density at radius 1 is 1.31 bits per heavy atom. The summed E-state index contributed by atoms with van der Waals surface area (Å²) in [5.74, 6) is -0.465. The molecule has 7 nitrogen and oxygen atoms in total. The molecule has 0 aliphatic carbocycles. The molecule has 0 bridgehead atoms. The minimum Gasteiger partial charge on any atom is -0.495 e. The normalized spacial score (nSPS) is 19.4. The maximum absolute atomic E-state index is 12.8. The van der Waals surface area contributed by atoms with Crippen LogP contribution in [0.25, 0.3) is 0 Å². The molecule has 1 saturated heterocycles. The zero-order chi connectivity index (χ0) is 18.9. The number of carbonyl (C=O) groups is 3. The lowest BCUT2D eigenvalue weighted by atomic mass is 10.0. The highest BCUT2D eigenvalue weighted by atomic mass is 79.9. The van der Waals surface area contributed by atoms with Gasteiger partial charge in [0.05, 0.1) is 16.6 Å². The fourth-order valence-corrected chi connectivity index (χ4v) is 4.15. The Hall–Kier alpha value is -2.39. The number of amides is 4. The van der Waals surface area contributed by atoms with Crippen molar-refractivity contribution >= 4 is 50.8 Å². The number of nitrogens with zero attached hydrogens (tertiary/aromatic N) is 1. The first-order chi connectivity index (χ1) is 12.3. The molecular formula is C17H16BrN3O4S. The summed E-state index contributed by atoms with van der Waals surface area (Å²) >= 11 is 4.70. The van der Waals surface area contributed by atoms with Crippen LogP contribution in [0.1, 0.15) is 11.8 Å². The number of imide groups is 1. The predicted octanol–water partition coefficient (Wildman–Crippen LogP) is 2.92. The molecule has 1 atom stereocenters. The first-order valence-corrected chi connectivity index (χ1v) is 9.29. The summed E-state index contributed by atoms with van der Waals surface area (Å²) in [7, 11) is 1.49.